The topological polar surface area (TPSA) is 0 Å². The lowest BCUT2D eigenvalue weighted by atomic mass is 10.1. The van der Waals surface area contributed by atoms with Crippen molar-refractivity contribution in [2.24, 2.45) is 0 Å². The van der Waals surface area contributed by atoms with E-state index in [1.807, 2.05) is 0 Å². The Morgan fingerprint density at radius 3 is 0.738 bits per heavy atom. The van der Waals surface area contributed by atoms with Crippen LogP contribution in [0.4, 0.5) is 0 Å². The van der Waals surface area contributed by atoms with Crippen molar-refractivity contribution in [3.8, 4) is 0 Å². The molecule has 6 aromatic rings. The number of rotatable bonds is 6. The Morgan fingerprint density at radius 1 is 0.286 bits per heavy atom. The van der Waals surface area contributed by atoms with Crippen molar-refractivity contribution in [1.29, 1.82) is 0 Å². The fraction of sp³-hybridized carbons (Fsp3) is 0.100. The van der Waals surface area contributed by atoms with E-state index >= 15 is 0 Å². The molecule has 0 aliphatic carbocycles. The second kappa shape index (κ2) is 11.8. The third kappa shape index (κ3) is 4.65. The van der Waals surface area contributed by atoms with Crippen molar-refractivity contribution in [1.82, 2.24) is 0 Å². The molecule has 2 atom stereocenters. The molecule has 42 heavy (non-hydrogen) atoms. The van der Waals surface area contributed by atoms with Crippen molar-refractivity contribution < 1.29 is 0 Å². The Morgan fingerprint density at radius 2 is 0.500 bits per heavy atom. The molecule has 2 unspecified atom stereocenters. The van der Waals surface area contributed by atoms with Crippen LogP contribution in [-0.2, 0) is 0 Å². The number of hydrogen-bond donors (Lipinski definition) is 0. The van der Waals surface area contributed by atoms with Crippen molar-refractivity contribution in [3.63, 3.8) is 0 Å². The lowest BCUT2D eigenvalue weighted by Crippen LogP contribution is -2.43. The zero-order valence-corrected chi connectivity index (χ0v) is 25.6. The lowest BCUT2D eigenvalue weighted by Gasteiger charge is -2.47. The average molecular weight is 579 g/mol. The molecule has 1 aliphatic heterocycles. The van der Waals surface area contributed by atoms with Gasteiger partial charge in [0.15, 0.2) is 0 Å². The maximum absolute atomic E-state index is 2.43. The standard InChI is InChI=1S/C40H36P2/c1-7-19-33(20-8-1)39-31-42(37-27-15-5-16-28-37,38-29-17-6-18-30-38)40(34-21-9-2-10-22-34)32-41(39,35-23-11-3-12-24-35)36-25-13-4-14-26-36/h1-30,39-40H,31-32H2/q+2. The highest BCUT2D eigenvalue weighted by atomic mass is 31.2. The van der Waals surface area contributed by atoms with Gasteiger partial charge in [0.2, 0.25) is 0 Å². The molecule has 7 rings (SSSR count). The third-order valence-corrected chi connectivity index (χ3v) is 19.6. The second-order valence-electron chi connectivity index (χ2n) is 11.3. The summed E-state index contributed by atoms with van der Waals surface area (Å²) in [6, 6.07) is 69.1. The Balaban J connectivity index is 1.59. The molecule has 0 nitrogen and oxygen atoms in total. The summed E-state index contributed by atoms with van der Waals surface area (Å²) in [5.74, 6) is 0. The van der Waals surface area contributed by atoms with Gasteiger partial charge in [0.05, 0.1) is 14.5 Å². The van der Waals surface area contributed by atoms with E-state index in [9.17, 15) is 0 Å². The van der Waals surface area contributed by atoms with Gasteiger partial charge in [-0.3, -0.25) is 0 Å². The van der Waals surface area contributed by atoms with Crippen molar-refractivity contribution in [2.75, 3.05) is 12.3 Å². The fourth-order valence-corrected chi connectivity index (χ4v) is 20.2. The first-order chi connectivity index (χ1) is 20.8. The zero-order valence-electron chi connectivity index (χ0n) is 23.8. The van der Waals surface area contributed by atoms with Gasteiger partial charge in [-0.15, -0.1) is 0 Å². The fourth-order valence-electron chi connectivity index (χ4n) is 7.36. The molecule has 0 aromatic heterocycles. The molecule has 1 aliphatic rings. The molecular formula is C40H36P2+2. The van der Waals surface area contributed by atoms with E-state index in [1.165, 1.54) is 32.3 Å². The van der Waals surface area contributed by atoms with Crippen LogP contribution in [0.2, 0.25) is 0 Å². The van der Waals surface area contributed by atoms with Crippen LogP contribution in [0.5, 0.6) is 0 Å². The third-order valence-electron chi connectivity index (χ3n) is 9.22. The van der Waals surface area contributed by atoms with Gasteiger partial charge < -0.3 is 0 Å². The lowest BCUT2D eigenvalue weighted by molar-refractivity contribution is 0.964. The molecule has 2 heteroatoms. The monoisotopic (exact) mass is 578 g/mol. The Labute approximate surface area is 251 Å². The SMILES string of the molecule is c1ccc(C2C[P+](c3ccccc3)(c3ccccc3)C(c3ccccc3)C[P+]2(c2ccccc2)c2ccccc2)cc1. The van der Waals surface area contributed by atoms with Gasteiger partial charge in [-0.2, -0.15) is 0 Å². The zero-order chi connectivity index (χ0) is 28.2. The molecule has 0 saturated carbocycles. The molecule has 1 saturated heterocycles. The van der Waals surface area contributed by atoms with Crippen LogP contribution < -0.4 is 21.2 Å². The van der Waals surface area contributed by atoms with E-state index in [2.05, 4.69) is 182 Å². The summed E-state index contributed by atoms with van der Waals surface area (Å²) in [5.41, 5.74) is 3.75. The Kier molecular flexibility index (Phi) is 7.61. The molecule has 204 valence electrons. The van der Waals surface area contributed by atoms with Crippen molar-refractivity contribution in [3.05, 3.63) is 193 Å². The quantitative estimate of drug-likeness (QED) is 0.173. The van der Waals surface area contributed by atoms with Gasteiger partial charge in [0.25, 0.3) is 0 Å². The predicted molar refractivity (Wildman–Crippen MR) is 186 cm³/mol. The van der Waals surface area contributed by atoms with Crippen LogP contribution in [0, 0.1) is 0 Å². The minimum atomic E-state index is -1.94. The summed E-state index contributed by atoms with van der Waals surface area (Å²) in [6.07, 6.45) is 2.28. The summed E-state index contributed by atoms with van der Waals surface area (Å²) in [6.45, 7) is 0. The Bertz CT molecular complexity index is 1490. The predicted octanol–water partition coefficient (Wildman–Crippen LogP) is 8.82. The molecule has 1 heterocycles. The summed E-state index contributed by atoms with van der Waals surface area (Å²) in [5, 5.41) is 6.07. The molecule has 6 aromatic carbocycles. The van der Waals surface area contributed by atoms with Crippen LogP contribution in [0.1, 0.15) is 22.4 Å². The van der Waals surface area contributed by atoms with Gasteiger partial charge in [0, 0.05) is 0 Å². The van der Waals surface area contributed by atoms with Crippen LogP contribution in [0.15, 0.2) is 182 Å². The highest BCUT2D eigenvalue weighted by molar-refractivity contribution is 7.96. The summed E-state index contributed by atoms with van der Waals surface area (Å²) in [7, 11) is -3.88. The van der Waals surface area contributed by atoms with E-state index in [0.29, 0.717) is 11.3 Å². The van der Waals surface area contributed by atoms with Crippen molar-refractivity contribution in [2.45, 2.75) is 11.3 Å². The molecule has 0 radical (unpaired) electrons. The molecule has 0 amide bonds. The molecule has 0 spiro atoms. The second-order valence-corrected chi connectivity index (χ2v) is 18.8. The van der Waals surface area contributed by atoms with Crippen LogP contribution in [0.3, 0.4) is 0 Å². The highest BCUT2D eigenvalue weighted by Gasteiger charge is 2.67. The summed E-state index contributed by atoms with van der Waals surface area (Å²) >= 11 is 0. The van der Waals surface area contributed by atoms with Gasteiger partial charge >= 0.3 is 0 Å². The van der Waals surface area contributed by atoms with Gasteiger partial charge in [0.1, 0.15) is 44.9 Å². The number of benzene rings is 6. The van der Waals surface area contributed by atoms with E-state index in [-0.39, 0.29) is 0 Å². The highest BCUT2D eigenvalue weighted by Crippen LogP contribution is 2.84. The first kappa shape index (κ1) is 27.0. The smallest absolute Gasteiger partial charge is 0.0622 e. The minimum absolute atomic E-state index is 0.400. The van der Waals surface area contributed by atoms with E-state index in [1.54, 1.807) is 0 Å². The van der Waals surface area contributed by atoms with Crippen LogP contribution in [0.25, 0.3) is 0 Å². The number of hydrogen-bond acceptors (Lipinski definition) is 0. The van der Waals surface area contributed by atoms with Crippen LogP contribution >= 0.6 is 14.5 Å². The molecule has 0 bridgehead atoms. The van der Waals surface area contributed by atoms with E-state index < -0.39 is 14.5 Å². The van der Waals surface area contributed by atoms with Gasteiger partial charge in [-0.1, -0.05) is 133 Å². The molecule has 1 fully saturated rings. The maximum atomic E-state index is 2.43. The molecular weight excluding hydrogens is 542 g/mol. The van der Waals surface area contributed by atoms with Crippen LogP contribution in [-0.4, -0.2) is 12.3 Å². The minimum Gasteiger partial charge on any atom is -0.0622 e. The van der Waals surface area contributed by atoms with E-state index in [4.69, 9.17) is 0 Å². The summed E-state index contributed by atoms with van der Waals surface area (Å²) < 4.78 is 0. The first-order valence-electron chi connectivity index (χ1n) is 14.9. The van der Waals surface area contributed by atoms with Gasteiger partial charge in [-0.25, -0.2) is 0 Å². The maximum Gasteiger partial charge on any atom is 0.138 e. The largest absolute Gasteiger partial charge is 0.138 e. The Hall–Kier alpha value is -3.82. The average Bonchev–Trinajstić information content (AvgIpc) is 3.10. The normalized spacial score (nSPS) is 19.1. The molecule has 0 N–H and O–H groups in total. The van der Waals surface area contributed by atoms with Gasteiger partial charge in [-0.05, 0) is 59.7 Å². The summed E-state index contributed by atoms with van der Waals surface area (Å²) in [4.78, 5) is 0. The van der Waals surface area contributed by atoms with Crippen molar-refractivity contribution >= 4 is 35.7 Å². The first-order valence-corrected chi connectivity index (χ1v) is 19.0. The van der Waals surface area contributed by atoms with E-state index in [0.717, 1.165) is 12.3 Å².